The van der Waals surface area contributed by atoms with E-state index in [0.717, 1.165) is 68.2 Å². The van der Waals surface area contributed by atoms with Crippen LogP contribution in [0.15, 0.2) is 64.5 Å². The number of amides is 1. The van der Waals surface area contributed by atoms with Gasteiger partial charge in [-0.05, 0) is 62.4 Å². The number of likely N-dealkylation sites (N-methyl/N-ethyl adjacent to an activating group) is 1. The Labute approximate surface area is 251 Å². The van der Waals surface area contributed by atoms with E-state index in [2.05, 4.69) is 42.7 Å². The molecule has 0 atom stereocenters. The summed E-state index contributed by atoms with van der Waals surface area (Å²) in [6, 6.07) is 14.7. The molecule has 2 fully saturated rings. The third-order valence-electron chi connectivity index (χ3n) is 7.72. The van der Waals surface area contributed by atoms with Crippen LogP contribution in [-0.2, 0) is 10.9 Å². The molecule has 2 aromatic carbocycles. The van der Waals surface area contributed by atoms with Gasteiger partial charge in [-0.1, -0.05) is 23.9 Å². The summed E-state index contributed by atoms with van der Waals surface area (Å²) in [5.74, 6) is -0.165. The molecular formula is C30H32F3N7O2S. The van der Waals surface area contributed by atoms with Gasteiger partial charge in [-0.3, -0.25) is 9.89 Å². The first-order chi connectivity index (χ1) is 20.7. The van der Waals surface area contributed by atoms with Crippen LogP contribution in [0.1, 0.15) is 28.8 Å². The summed E-state index contributed by atoms with van der Waals surface area (Å²) in [6.45, 7) is 5.06. The fourth-order valence-corrected chi connectivity index (χ4v) is 6.21. The van der Waals surface area contributed by atoms with E-state index in [1.165, 1.54) is 12.1 Å². The number of halogens is 3. The summed E-state index contributed by atoms with van der Waals surface area (Å²) in [4.78, 5) is 22.9. The van der Waals surface area contributed by atoms with Crippen LogP contribution in [0.3, 0.4) is 0 Å². The summed E-state index contributed by atoms with van der Waals surface area (Å²) in [5.41, 5.74) is 2.42. The van der Waals surface area contributed by atoms with Crippen LogP contribution in [0.5, 0.6) is 0 Å². The monoisotopic (exact) mass is 611 g/mol. The van der Waals surface area contributed by atoms with Gasteiger partial charge in [-0.2, -0.15) is 18.3 Å². The number of carbonyl (C=O) groups is 1. The van der Waals surface area contributed by atoms with Gasteiger partial charge in [0.1, 0.15) is 10.5 Å². The molecule has 0 saturated carbocycles. The fourth-order valence-electron chi connectivity index (χ4n) is 5.28. The first kappa shape index (κ1) is 29.3. The Kier molecular flexibility index (Phi) is 8.46. The van der Waals surface area contributed by atoms with Crippen molar-refractivity contribution in [1.82, 2.24) is 20.1 Å². The van der Waals surface area contributed by atoms with Gasteiger partial charge in [0.15, 0.2) is 5.82 Å². The number of pyridine rings is 1. The van der Waals surface area contributed by atoms with Crippen molar-refractivity contribution in [3.63, 3.8) is 0 Å². The molecule has 43 heavy (non-hydrogen) atoms. The highest BCUT2D eigenvalue weighted by molar-refractivity contribution is 7.99. The van der Waals surface area contributed by atoms with Crippen molar-refractivity contribution in [2.24, 2.45) is 0 Å². The van der Waals surface area contributed by atoms with Gasteiger partial charge in [-0.25, -0.2) is 4.98 Å². The second-order valence-electron chi connectivity index (χ2n) is 10.7. The lowest BCUT2D eigenvalue weighted by atomic mass is 10.1. The maximum atomic E-state index is 13.7. The van der Waals surface area contributed by atoms with Gasteiger partial charge in [0.25, 0.3) is 5.91 Å². The first-order valence-corrected chi connectivity index (χ1v) is 15.0. The lowest BCUT2D eigenvalue weighted by Gasteiger charge is -2.34. The molecule has 2 aliphatic rings. The number of nitrogens with one attached hydrogen (secondary N) is 3. The molecule has 4 aromatic rings. The molecule has 0 bridgehead atoms. The number of carbonyl (C=O) groups excluding carboxylic acids is 1. The quantitative estimate of drug-likeness (QED) is 0.244. The van der Waals surface area contributed by atoms with E-state index in [-0.39, 0.29) is 22.7 Å². The summed E-state index contributed by atoms with van der Waals surface area (Å²) in [5, 5.41) is 13.9. The Bertz CT molecular complexity index is 1600. The average molecular weight is 612 g/mol. The summed E-state index contributed by atoms with van der Waals surface area (Å²) in [6.07, 6.45) is -2.81. The van der Waals surface area contributed by atoms with E-state index in [1.54, 1.807) is 18.2 Å². The smallest absolute Gasteiger partial charge is 0.381 e. The number of piperazine rings is 1. The molecule has 0 aliphatic carbocycles. The van der Waals surface area contributed by atoms with Gasteiger partial charge in [-0.15, -0.1) is 0 Å². The number of benzene rings is 2. The zero-order chi connectivity index (χ0) is 30.0. The minimum atomic E-state index is -4.49. The van der Waals surface area contributed by atoms with Crippen molar-refractivity contribution in [2.75, 3.05) is 62.0 Å². The molecule has 2 saturated heterocycles. The van der Waals surface area contributed by atoms with Crippen LogP contribution < -0.4 is 15.5 Å². The molecule has 1 amide bonds. The Balaban J connectivity index is 1.26. The molecule has 3 N–H and O–H groups in total. The van der Waals surface area contributed by atoms with E-state index >= 15 is 0 Å². The van der Waals surface area contributed by atoms with Crippen LogP contribution in [-0.4, -0.2) is 78.5 Å². The summed E-state index contributed by atoms with van der Waals surface area (Å²) >= 11 is 0.907. The molecule has 0 spiro atoms. The van der Waals surface area contributed by atoms with E-state index in [4.69, 9.17) is 4.74 Å². The highest BCUT2D eigenvalue weighted by atomic mass is 32.2. The normalized spacial score (nSPS) is 16.9. The van der Waals surface area contributed by atoms with Gasteiger partial charge >= 0.3 is 6.18 Å². The second kappa shape index (κ2) is 12.4. The number of aromatic nitrogens is 3. The number of aromatic amines is 1. The van der Waals surface area contributed by atoms with Crippen molar-refractivity contribution in [2.45, 2.75) is 35.0 Å². The molecule has 0 unspecified atom stereocenters. The van der Waals surface area contributed by atoms with E-state index < -0.39 is 11.7 Å². The zero-order valence-electron chi connectivity index (χ0n) is 23.6. The molecule has 2 aromatic heterocycles. The Hall–Kier alpha value is -3.81. The summed E-state index contributed by atoms with van der Waals surface area (Å²) < 4.78 is 46.1. The number of hydrogen-bond donors (Lipinski definition) is 3. The van der Waals surface area contributed by atoms with Crippen molar-refractivity contribution in [3.8, 4) is 0 Å². The standard InChI is InChI=1S/C30H32F3N7O2S/c1-39-12-14-40(15-13-39)20-6-7-21(24(18-20)34-19-10-16-42-17-11-19)29(41)36-28-27-23(37-38-28)8-9-26(35-27)43-25-5-3-2-4-22(25)30(31,32)33/h2-9,18-19,34H,10-17H2,1H3,(H2,36,37,38,41). The second-order valence-corrected chi connectivity index (χ2v) is 11.8. The van der Waals surface area contributed by atoms with E-state index in [0.29, 0.717) is 34.8 Å². The number of nitrogens with zero attached hydrogens (tertiary/aromatic N) is 4. The lowest BCUT2D eigenvalue weighted by Crippen LogP contribution is -2.44. The predicted molar refractivity (Wildman–Crippen MR) is 161 cm³/mol. The van der Waals surface area contributed by atoms with Crippen molar-refractivity contribution >= 4 is 45.9 Å². The number of H-pyrrole nitrogens is 1. The van der Waals surface area contributed by atoms with E-state index in [1.807, 2.05) is 18.2 Å². The van der Waals surface area contributed by atoms with Crippen LogP contribution in [0.4, 0.5) is 30.4 Å². The number of alkyl halides is 3. The van der Waals surface area contributed by atoms with Crippen molar-refractivity contribution in [1.29, 1.82) is 0 Å². The minimum Gasteiger partial charge on any atom is -0.381 e. The molecular weight excluding hydrogens is 579 g/mol. The first-order valence-electron chi connectivity index (χ1n) is 14.2. The van der Waals surface area contributed by atoms with E-state index in [9.17, 15) is 18.0 Å². The highest BCUT2D eigenvalue weighted by Crippen LogP contribution is 2.39. The van der Waals surface area contributed by atoms with Gasteiger partial charge in [0.2, 0.25) is 0 Å². The highest BCUT2D eigenvalue weighted by Gasteiger charge is 2.33. The SMILES string of the molecule is CN1CCN(c2ccc(C(=O)Nc3n[nH]c4ccc(Sc5ccccc5C(F)(F)F)nc34)c(NC3CCOCC3)c2)CC1. The average Bonchev–Trinajstić information content (AvgIpc) is 3.39. The minimum absolute atomic E-state index is 0.0419. The Morgan fingerprint density at radius 2 is 1.81 bits per heavy atom. The van der Waals surface area contributed by atoms with Crippen molar-refractivity contribution in [3.05, 3.63) is 65.7 Å². The van der Waals surface area contributed by atoms with Crippen LogP contribution >= 0.6 is 11.8 Å². The molecule has 226 valence electrons. The molecule has 0 radical (unpaired) electrons. The maximum absolute atomic E-state index is 13.7. The number of ether oxygens (including phenoxy) is 1. The van der Waals surface area contributed by atoms with Gasteiger partial charge in [0.05, 0.1) is 16.6 Å². The number of rotatable bonds is 7. The van der Waals surface area contributed by atoms with Crippen LogP contribution in [0, 0.1) is 0 Å². The molecule has 13 heteroatoms. The van der Waals surface area contributed by atoms with Gasteiger partial charge < -0.3 is 25.2 Å². The van der Waals surface area contributed by atoms with Crippen LogP contribution in [0.2, 0.25) is 0 Å². The third kappa shape index (κ3) is 6.73. The molecule has 2 aliphatic heterocycles. The molecule has 6 rings (SSSR count). The fraction of sp³-hybridized carbons (Fsp3) is 0.367. The van der Waals surface area contributed by atoms with Gasteiger partial charge in [0, 0.05) is 61.7 Å². The number of hydrogen-bond acceptors (Lipinski definition) is 8. The maximum Gasteiger partial charge on any atom is 0.417 e. The topological polar surface area (TPSA) is 98.4 Å². The Morgan fingerprint density at radius 1 is 1.05 bits per heavy atom. The Morgan fingerprint density at radius 3 is 2.58 bits per heavy atom. The zero-order valence-corrected chi connectivity index (χ0v) is 24.4. The largest absolute Gasteiger partial charge is 0.417 e. The summed E-state index contributed by atoms with van der Waals surface area (Å²) in [7, 11) is 2.11. The number of fused-ring (bicyclic) bond motifs is 1. The number of anilines is 3. The lowest BCUT2D eigenvalue weighted by molar-refractivity contribution is -0.139. The molecule has 4 heterocycles. The van der Waals surface area contributed by atoms with Crippen molar-refractivity contribution < 1.29 is 22.7 Å². The van der Waals surface area contributed by atoms with Crippen LogP contribution in [0.25, 0.3) is 11.0 Å². The third-order valence-corrected chi connectivity index (χ3v) is 8.73. The predicted octanol–water partition coefficient (Wildman–Crippen LogP) is 5.72. The molecule has 9 nitrogen and oxygen atoms in total.